The van der Waals surface area contributed by atoms with Crippen LogP contribution >= 0.6 is 0 Å². The predicted octanol–water partition coefficient (Wildman–Crippen LogP) is 9.34. The lowest BCUT2D eigenvalue weighted by Gasteiger charge is -2.37. The number of fused-ring (bicyclic) bond motifs is 16. The maximum Gasteiger partial charge on any atom is 0.260 e. The minimum atomic E-state index is -0.149. The molecule has 0 atom stereocenters. The molecular weight excluding hydrogens is 762 g/mol. The van der Waals surface area contributed by atoms with E-state index in [4.69, 9.17) is 18.9 Å². The number of rotatable bonds is 2. The van der Waals surface area contributed by atoms with E-state index in [0.29, 0.717) is 0 Å². The summed E-state index contributed by atoms with van der Waals surface area (Å²) in [4.78, 5) is 0. The Balaban J connectivity index is 1.01. The van der Waals surface area contributed by atoms with Gasteiger partial charge < -0.3 is 28.1 Å². The lowest BCUT2D eigenvalue weighted by Crippen LogP contribution is -2.61. The number of para-hydroxylation sites is 6. The Hall–Kier alpha value is -8.09. The SMILES string of the molecule is c1ccc(-n2c3ccccc3c3c4c5c(cc32)Oc2cc3c(cc2B5c2ccccc2O4)B2c4ccccc4Oc4c2c(cc2c4c4ccccc4n2-c2ccccc2)O3)cc1. The Morgan fingerprint density at radius 2 is 0.726 bits per heavy atom. The summed E-state index contributed by atoms with van der Waals surface area (Å²) in [5.74, 6) is 6.49. The molecule has 6 nitrogen and oxygen atoms in total. The fourth-order valence-corrected chi connectivity index (χ4v) is 11.1. The maximum atomic E-state index is 7.15. The third-order valence-electron chi connectivity index (χ3n) is 13.5. The van der Waals surface area contributed by atoms with Crippen molar-refractivity contribution in [1.29, 1.82) is 0 Å². The van der Waals surface area contributed by atoms with Gasteiger partial charge in [-0.2, -0.15) is 0 Å². The van der Waals surface area contributed by atoms with Gasteiger partial charge in [0.25, 0.3) is 13.4 Å². The smallest absolute Gasteiger partial charge is 0.260 e. The van der Waals surface area contributed by atoms with Crippen LogP contribution in [0.2, 0.25) is 0 Å². The molecule has 62 heavy (non-hydrogen) atoms. The molecule has 9 aromatic carbocycles. The van der Waals surface area contributed by atoms with E-state index >= 15 is 0 Å². The molecule has 4 aliphatic heterocycles. The van der Waals surface area contributed by atoms with Gasteiger partial charge in [-0.1, -0.05) is 115 Å². The molecule has 11 aromatic rings. The standard InChI is InChI=1S/C54H30B2N2O4/c1-3-15-31(16-4-1)57-39-23-11-7-19-33(39)49-41(57)28-47-51-53(49)61-43-25-13-9-21-35(43)55(51)37-27-38-46(30-45(37)59-47)60-48-29-42-50(54-52(48)56(38)36-22-10-14-26-44(36)62-54)34-20-8-12-24-40(34)58(42)32-17-5-2-6-18-32/h1-30H. The lowest BCUT2D eigenvalue weighted by atomic mass is 9.31. The van der Waals surface area contributed by atoms with Crippen molar-refractivity contribution in [3.8, 4) is 57.4 Å². The van der Waals surface area contributed by atoms with E-state index < -0.39 is 0 Å². The minimum Gasteiger partial charge on any atom is -0.458 e. The van der Waals surface area contributed by atoms with Gasteiger partial charge in [-0.3, -0.25) is 0 Å². The average Bonchev–Trinajstić information content (AvgIpc) is 3.84. The van der Waals surface area contributed by atoms with Gasteiger partial charge in [0.2, 0.25) is 0 Å². The van der Waals surface area contributed by atoms with E-state index in [1.807, 2.05) is 0 Å². The van der Waals surface area contributed by atoms with Crippen molar-refractivity contribution in [2.45, 2.75) is 0 Å². The normalized spacial score (nSPS) is 13.6. The Bertz CT molecular complexity index is 3540. The fourth-order valence-electron chi connectivity index (χ4n) is 11.1. The summed E-state index contributed by atoms with van der Waals surface area (Å²) in [6.45, 7) is -0.297. The molecule has 6 heterocycles. The molecule has 0 radical (unpaired) electrons. The van der Waals surface area contributed by atoms with Crippen LogP contribution in [0.5, 0.6) is 46.0 Å². The summed E-state index contributed by atoms with van der Waals surface area (Å²) in [6, 6.07) is 64.1. The fraction of sp³-hybridized carbons (Fsp3) is 0. The highest BCUT2D eigenvalue weighted by Crippen LogP contribution is 2.48. The van der Waals surface area contributed by atoms with Crippen molar-refractivity contribution in [1.82, 2.24) is 9.13 Å². The van der Waals surface area contributed by atoms with Crippen molar-refractivity contribution in [2.24, 2.45) is 0 Å². The van der Waals surface area contributed by atoms with E-state index in [1.54, 1.807) is 0 Å². The molecule has 286 valence electrons. The van der Waals surface area contributed by atoms with Crippen LogP contribution in [0.3, 0.4) is 0 Å². The molecule has 0 spiro atoms. The van der Waals surface area contributed by atoms with Crippen LogP contribution in [0, 0.1) is 0 Å². The first kappa shape index (κ1) is 32.7. The van der Waals surface area contributed by atoms with Crippen LogP contribution in [0.15, 0.2) is 182 Å². The van der Waals surface area contributed by atoms with Gasteiger partial charge in [-0.25, -0.2) is 0 Å². The van der Waals surface area contributed by atoms with Crippen LogP contribution in [0.25, 0.3) is 55.0 Å². The summed E-state index contributed by atoms with van der Waals surface area (Å²) >= 11 is 0. The maximum absolute atomic E-state index is 7.15. The highest BCUT2D eigenvalue weighted by molar-refractivity contribution is 7.01. The quantitative estimate of drug-likeness (QED) is 0.164. The molecule has 0 amide bonds. The van der Waals surface area contributed by atoms with E-state index in [-0.39, 0.29) is 13.4 Å². The molecule has 8 heteroatoms. The highest BCUT2D eigenvalue weighted by atomic mass is 16.5. The van der Waals surface area contributed by atoms with E-state index in [1.165, 1.54) is 0 Å². The molecule has 4 aliphatic rings. The zero-order valence-corrected chi connectivity index (χ0v) is 33.0. The Morgan fingerprint density at radius 3 is 1.21 bits per heavy atom. The summed E-state index contributed by atoms with van der Waals surface area (Å²) < 4.78 is 33.1. The van der Waals surface area contributed by atoms with Gasteiger partial charge in [0.05, 0.1) is 32.8 Å². The van der Waals surface area contributed by atoms with Crippen LogP contribution in [0.4, 0.5) is 0 Å². The lowest BCUT2D eigenvalue weighted by molar-refractivity contribution is 0.454. The van der Waals surface area contributed by atoms with Crippen LogP contribution in [-0.2, 0) is 0 Å². The molecule has 0 saturated carbocycles. The molecule has 0 bridgehead atoms. The topological polar surface area (TPSA) is 46.8 Å². The Labute approximate surface area is 355 Å². The van der Waals surface area contributed by atoms with Gasteiger partial charge >= 0.3 is 0 Å². The molecule has 2 aromatic heterocycles. The number of aromatic nitrogens is 2. The number of hydrogen-bond donors (Lipinski definition) is 0. The number of hydrogen-bond acceptors (Lipinski definition) is 4. The number of ether oxygens (including phenoxy) is 4. The third kappa shape index (κ3) is 4.16. The summed E-state index contributed by atoms with van der Waals surface area (Å²) in [5.41, 5.74) is 12.9. The monoisotopic (exact) mass is 792 g/mol. The average molecular weight is 792 g/mol. The highest BCUT2D eigenvalue weighted by Gasteiger charge is 2.46. The first-order valence-corrected chi connectivity index (χ1v) is 21.1. The van der Waals surface area contributed by atoms with Gasteiger partial charge in [-0.15, -0.1) is 0 Å². The molecule has 0 saturated heterocycles. The van der Waals surface area contributed by atoms with Crippen molar-refractivity contribution in [2.75, 3.05) is 0 Å². The second kappa shape index (κ2) is 11.8. The predicted molar refractivity (Wildman–Crippen MR) is 250 cm³/mol. The number of nitrogens with zero attached hydrogens (tertiary/aromatic N) is 2. The summed E-state index contributed by atoms with van der Waals surface area (Å²) in [6.07, 6.45) is 0. The second-order valence-electron chi connectivity index (χ2n) is 16.7. The van der Waals surface area contributed by atoms with Crippen LogP contribution in [0.1, 0.15) is 0 Å². The zero-order chi connectivity index (χ0) is 40.2. The summed E-state index contributed by atoms with van der Waals surface area (Å²) in [5, 5.41) is 4.42. The van der Waals surface area contributed by atoms with E-state index in [9.17, 15) is 0 Å². The third-order valence-corrected chi connectivity index (χ3v) is 13.5. The largest absolute Gasteiger partial charge is 0.458 e. The van der Waals surface area contributed by atoms with Crippen molar-refractivity contribution >= 4 is 89.8 Å². The minimum absolute atomic E-state index is 0.149. The zero-order valence-electron chi connectivity index (χ0n) is 33.0. The Kier molecular flexibility index (Phi) is 6.23. The Morgan fingerprint density at radius 1 is 0.306 bits per heavy atom. The van der Waals surface area contributed by atoms with Crippen molar-refractivity contribution in [3.05, 3.63) is 182 Å². The first-order chi connectivity index (χ1) is 30.8. The molecule has 15 rings (SSSR count). The number of benzene rings is 9. The van der Waals surface area contributed by atoms with Crippen molar-refractivity contribution < 1.29 is 18.9 Å². The summed E-state index contributed by atoms with van der Waals surface area (Å²) in [7, 11) is 0. The van der Waals surface area contributed by atoms with Gasteiger partial charge in [0.1, 0.15) is 46.0 Å². The van der Waals surface area contributed by atoms with Crippen LogP contribution < -0.4 is 51.7 Å². The molecule has 0 unspecified atom stereocenters. The molecule has 0 fully saturated rings. The van der Waals surface area contributed by atoms with Gasteiger partial charge in [0, 0.05) is 51.3 Å². The first-order valence-electron chi connectivity index (χ1n) is 21.1. The molecule has 0 N–H and O–H groups in total. The van der Waals surface area contributed by atoms with Gasteiger partial charge in [0.15, 0.2) is 0 Å². The van der Waals surface area contributed by atoms with E-state index in [0.717, 1.165) is 134 Å². The second-order valence-corrected chi connectivity index (χ2v) is 16.7. The van der Waals surface area contributed by atoms with Crippen molar-refractivity contribution in [3.63, 3.8) is 0 Å². The van der Waals surface area contributed by atoms with Crippen LogP contribution in [-0.4, -0.2) is 22.6 Å². The van der Waals surface area contributed by atoms with E-state index in [2.05, 4.69) is 191 Å². The molecule has 0 aliphatic carbocycles. The molecular formula is C54H30B2N2O4. The van der Waals surface area contributed by atoms with Gasteiger partial charge in [-0.05, 0) is 70.4 Å².